The molecule has 0 spiro atoms. The molecule has 0 bridgehead atoms. The van der Waals surface area contributed by atoms with E-state index in [0.29, 0.717) is 80.6 Å². The first-order chi connectivity index (χ1) is 16.0. The molecule has 178 valence electrons. The Morgan fingerprint density at radius 3 is 2.45 bits per heavy atom. The van der Waals surface area contributed by atoms with Crippen LogP contribution in [0.4, 0.5) is 0 Å². The first-order valence-electron chi connectivity index (χ1n) is 11.4. The van der Waals surface area contributed by atoms with Crippen LogP contribution in [0.1, 0.15) is 25.7 Å². The molecule has 1 aromatic carbocycles. The molecule has 10 heteroatoms. The smallest absolute Gasteiger partial charge is 0.261 e. The van der Waals surface area contributed by atoms with E-state index in [2.05, 4.69) is 15.2 Å². The second-order valence-electron chi connectivity index (χ2n) is 8.57. The highest BCUT2D eigenvalue weighted by molar-refractivity contribution is 5.81. The number of benzene rings is 1. The number of amides is 2. The van der Waals surface area contributed by atoms with Crippen molar-refractivity contribution >= 4 is 22.7 Å². The number of fused-ring (bicyclic) bond motifs is 1. The third kappa shape index (κ3) is 5.62. The molecule has 1 aliphatic carbocycles. The van der Waals surface area contributed by atoms with Gasteiger partial charge in [-0.05, 0) is 25.3 Å². The second kappa shape index (κ2) is 10.2. The molecule has 2 aromatic rings. The van der Waals surface area contributed by atoms with Crippen LogP contribution in [0.2, 0.25) is 0 Å². The standard InChI is InChI=1S/C23H31N5O5/c1-32-19-12-17-18(13-20(19)33-2)24-15-28(23(17)31)7-3-4-22(30)27-10-8-26(9-11-27)14-21(29)25-16-5-6-16/h12-13,15-16H,3-11,14H2,1-2H3,(H,25,29). The van der Waals surface area contributed by atoms with E-state index < -0.39 is 0 Å². The number of ether oxygens (including phenoxy) is 2. The topological polar surface area (TPSA) is 106 Å². The Balaban J connectivity index is 1.26. The van der Waals surface area contributed by atoms with Gasteiger partial charge in [0.2, 0.25) is 11.8 Å². The quantitative estimate of drug-likeness (QED) is 0.588. The van der Waals surface area contributed by atoms with Gasteiger partial charge in [-0.25, -0.2) is 4.98 Å². The van der Waals surface area contributed by atoms with Gasteiger partial charge in [0.25, 0.3) is 5.56 Å². The molecule has 0 radical (unpaired) electrons. The monoisotopic (exact) mass is 457 g/mol. The molecule has 1 saturated carbocycles. The molecule has 4 rings (SSSR count). The molecule has 1 N–H and O–H groups in total. The zero-order valence-corrected chi connectivity index (χ0v) is 19.2. The summed E-state index contributed by atoms with van der Waals surface area (Å²) < 4.78 is 12.1. The molecule has 2 aliphatic rings. The summed E-state index contributed by atoms with van der Waals surface area (Å²) in [6, 6.07) is 3.68. The number of hydrogen-bond donors (Lipinski definition) is 1. The lowest BCUT2D eigenvalue weighted by Gasteiger charge is -2.34. The van der Waals surface area contributed by atoms with Gasteiger partial charge in [0, 0.05) is 51.3 Å². The van der Waals surface area contributed by atoms with E-state index in [-0.39, 0.29) is 17.4 Å². The van der Waals surface area contributed by atoms with Gasteiger partial charge in [0.15, 0.2) is 11.5 Å². The molecule has 0 atom stereocenters. The average Bonchev–Trinajstić information content (AvgIpc) is 3.64. The first-order valence-corrected chi connectivity index (χ1v) is 11.4. The molecule has 1 saturated heterocycles. The summed E-state index contributed by atoms with van der Waals surface area (Å²) in [6.45, 7) is 3.44. The molecule has 2 fully saturated rings. The van der Waals surface area contributed by atoms with Crippen molar-refractivity contribution in [1.29, 1.82) is 0 Å². The maximum Gasteiger partial charge on any atom is 0.261 e. The van der Waals surface area contributed by atoms with E-state index in [1.54, 1.807) is 12.1 Å². The number of methoxy groups -OCH3 is 2. The van der Waals surface area contributed by atoms with E-state index >= 15 is 0 Å². The first kappa shape index (κ1) is 23.0. The number of piperazine rings is 1. The van der Waals surface area contributed by atoms with Gasteiger partial charge in [0.1, 0.15) is 0 Å². The van der Waals surface area contributed by atoms with Crippen molar-refractivity contribution in [3.63, 3.8) is 0 Å². The van der Waals surface area contributed by atoms with Gasteiger partial charge < -0.3 is 19.7 Å². The van der Waals surface area contributed by atoms with Crippen LogP contribution in [0, 0.1) is 0 Å². The van der Waals surface area contributed by atoms with Crippen LogP contribution in [0.5, 0.6) is 11.5 Å². The second-order valence-corrected chi connectivity index (χ2v) is 8.57. The molecule has 0 unspecified atom stereocenters. The summed E-state index contributed by atoms with van der Waals surface area (Å²) in [5, 5.41) is 3.45. The molecular weight excluding hydrogens is 426 g/mol. The third-order valence-corrected chi connectivity index (χ3v) is 6.15. The van der Waals surface area contributed by atoms with Crippen molar-refractivity contribution in [1.82, 2.24) is 24.7 Å². The minimum atomic E-state index is -0.175. The maximum atomic E-state index is 12.9. The van der Waals surface area contributed by atoms with Crippen LogP contribution in [0.3, 0.4) is 0 Å². The van der Waals surface area contributed by atoms with Crippen molar-refractivity contribution in [2.24, 2.45) is 0 Å². The van der Waals surface area contributed by atoms with E-state index in [1.165, 1.54) is 25.1 Å². The molecule has 33 heavy (non-hydrogen) atoms. The molecule has 10 nitrogen and oxygen atoms in total. The number of carbonyl (C=O) groups excluding carboxylic acids is 2. The summed E-state index contributed by atoms with van der Waals surface area (Å²) in [7, 11) is 3.06. The van der Waals surface area contributed by atoms with Crippen LogP contribution in [-0.2, 0) is 16.1 Å². The number of nitrogens with one attached hydrogen (secondary N) is 1. The largest absolute Gasteiger partial charge is 0.493 e. The van der Waals surface area contributed by atoms with Crippen molar-refractivity contribution in [2.75, 3.05) is 46.9 Å². The van der Waals surface area contributed by atoms with Gasteiger partial charge in [-0.3, -0.25) is 23.9 Å². The predicted octanol–water partition coefficient (Wildman–Crippen LogP) is 0.617. The number of aromatic nitrogens is 2. The number of carbonyl (C=O) groups is 2. The Labute approximate surface area is 192 Å². The molecule has 1 aromatic heterocycles. The predicted molar refractivity (Wildman–Crippen MR) is 123 cm³/mol. The lowest BCUT2D eigenvalue weighted by molar-refractivity contribution is -0.133. The van der Waals surface area contributed by atoms with Crippen molar-refractivity contribution < 1.29 is 19.1 Å². The van der Waals surface area contributed by atoms with Crippen LogP contribution in [-0.4, -0.2) is 84.2 Å². The molecule has 2 amide bonds. The number of hydrogen-bond acceptors (Lipinski definition) is 7. The van der Waals surface area contributed by atoms with E-state index in [0.717, 1.165) is 12.8 Å². The summed E-state index contributed by atoms with van der Waals surface area (Å²) in [5.41, 5.74) is 0.361. The highest BCUT2D eigenvalue weighted by atomic mass is 16.5. The van der Waals surface area contributed by atoms with Gasteiger partial charge in [-0.15, -0.1) is 0 Å². The molecule has 2 heterocycles. The van der Waals surface area contributed by atoms with Crippen LogP contribution in [0.25, 0.3) is 10.9 Å². The lowest BCUT2D eigenvalue weighted by atomic mass is 10.2. The molecule has 1 aliphatic heterocycles. The normalized spacial score (nSPS) is 16.6. The highest BCUT2D eigenvalue weighted by Gasteiger charge is 2.26. The number of aryl methyl sites for hydroxylation is 1. The molecular formula is C23H31N5O5. The fourth-order valence-electron chi connectivity index (χ4n) is 4.06. The number of nitrogens with zero attached hydrogens (tertiary/aromatic N) is 4. The summed E-state index contributed by atoms with van der Waals surface area (Å²) in [4.78, 5) is 45.7. The SMILES string of the molecule is COc1cc2ncn(CCCC(=O)N3CCN(CC(=O)NC4CC4)CC3)c(=O)c2cc1OC. The number of rotatable bonds is 9. The zero-order chi connectivity index (χ0) is 23.4. The van der Waals surface area contributed by atoms with E-state index in [9.17, 15) is 14.4 Å². The Hall–Kier alpha value is -3.14. The Bertz CT molecular complexity index is 1070. The van der Waals surface area contributed by atoms with Gasteiger partial charge in [0.05, 0.1) is 38.0 Å². The van der Waals surface area contributed by atoms with Gasteiger partial charge >= 0.3 is 0 Å². The Kier molecular flexibility index (Phi) is 7.12. The summed E-state index contributed by atoms with van der Waals surface area (Å²) in [5.74, 6) is 1.14. The van der Waals surface area contributed by atoms with Crippen molar-refractivity contribution in [3.8, 4) is 11.5 Å². The fourth-order valence-corrected chi connectivity index (χ4v) is 4.06. The van der Waals surface area contributed by atoms with E-state index in [1.807, 2.05) is 4.90 Å². The summed E-state index contributed by atoms with van der Waals surface area (Å²) in [6.07, 6.45) is 4.57. The Morgan fingerprint density at radius 1 is 1.09 bits per heavy atom. The minimum absolute atomic E-state index is 0.0720. The van der Waals surface area contributed by atoms with E-state index in [4.69, 9.17) is 9.47 Å². The Morgan fingerprint density at radius 2 is 1.79 bits per heavy atom. The van der Waals surface area contributed by atoms with Gasteiger partial charge in [-0.2, -0.15) is 0 Å². The van der Waals surface area contributed by atoms with Crippen molar-refractivity contribution in [2.45, 2.75) is 38.3 Å². The van der Waals surface area contributed by atoms with Gasteiger partial charge in [-0.1, -0.05) is 0 Å². The maximum absolute atomic E-state index is 12.9. The zero-order valence-electron chi connectivity index (χ0n) is 19.2. The van der Waals surface area contributed by atoms with Crippen LogP contribution >= 0.6 is 0 Å². The van der Waals surface area contributed by atoms with Crippen LogP contribution in [0.15, 0.2) is 23.3 Å². The van der Waals surface area contributed by atoms with Crippen LogP contribution < -0.4 is 20.3 Å². The third-order valence-electron chi connectivity index (χ3n) is 6.15. The lowest BCUT2D eigenvalue weighted by Crippen LogP contribution is -2.51. The average molecular weight is 458 g/mol. The summed E-state index contributed by atoms with van der Waals surface area (Å²) >= 11 is 0. The fraction of sp³-hybridized carbons (Fsp3) is 0.565. The van der Waals surface area contributed by atoms with Crippen molar-refractivity contribution in [3.05, 3.63) is 28.8 Å². The highest BCUT2D eigenvalue weighted by Crippen LogP contribution is 2.29. The minimum Gasteiger partial charge on any atom is -0.493 e.